The number of hydrogen-bond acceptors (Lipinski definition) is 7. The van der Waals surface area contributed by atoms with Gasteiger partial charge in [0, 0.05) is 17.2 Å². The van der Waals surface area contributed by atoms with E-state index in [0.717, 1.165) is 0 Å². The highest BCUT2D eigenvalue weighted by molar-refractivity contribution is 7.99. The third-order valence-electron chi connectivity index (χ3n) is 4.15. The zero-order valence-corrected chi connectivity index (χ0v) is 17.9. The molecule has 0 saturated heterocycles. The summed E-state index contributed by atoms with van der Waals surface area (Å²) in [6.45, 7) is 6.08. The van der Waals surface area contributed by atoms with Gasteiger partial charge < -0.3 is 14.5 Å². The Labute approximate surface area is 179 Å². The number of nitrogens with one attached hydrogen (secondary N) is 1. The number of Topliss-reactive ketones (excluding diaryl/α,β-unsaturated/α-hetero) is 1. The smallest absolute Gasteiger partial charge is 0.277 e. The van der Waals surface area contributed by atoms with Crippen LogP contribution in [0.4, 0.5) is 5.69 Å². The van der Waals surface area contributed by atoms with Crippen molar-refractivity contribution in [3.63, 3.8) is 0 Å². The van der Waals surface area contributed by atoms with Crippen LogP contribution in [0.25, 0.3) is 11.5 Å². The molecule has 156 valence electrons. The van der Waals surface area contributed by atoms with E-state index >= 15 is 0 Å². The van der Waals surface area contributed by atoms with Crippen molar-refractivity contribution in [3.8, 4) is 17.2 Å². The van der Waals surface area contributed by atoms with Gasteiger partial charge in [0.1, 0.15) is 5.75 Å². The van der Waals surface area contributed by atoms with Crippen LogP contribution in [0.1, 0.15) is 31.1 Å². The van der Waals surface area contributed by atoms with Gasteiger partial charge in [-0.25, -0.2) is 0 Å². The van der Waals surface area contributed by atoms with Crippen molar-refractivity contribution in [2.24, 2.45) is 5.92 Å². The lowest BCUT2D eigenvalue weighted by Gasteiger charge is -2.08. The summed E-state index contributed by atoms with van der Waals surface area (Å²) in [5.74, 6) is 0.925. The van der Waals surface area contributed by atoms with Crippen molar-refractivity contribution in [2.75, 3.05) is 17.7 Å². The van der Waals surface area contributed by atoms with Gasteiger partial charge in [-0.1, -0.05) is 37.7 Å². The summed E-state index contributed by atoms with van der Waals surface area (Å²) in [5, 5.41) is 11.2. The number of carbonyl (C=O) groups is 2. The predicted octanol–water partition coefficient (Wildman–Crippen LogP) is 4.70. The molecule has 0 aliphatic rings. The van der Waals surface area contributed by atoms with Crippen LogP contribution in [0, 0.1) is 5.92 Å². The summed E-state index contributed by atoms with van der Waals surface area (Å²) >= 11 is 1.18. The van der Waals surface area contributed by atoms with Crippen molar-refractivity contribution >= 4 is 29.1 Å². The maximum absolute atomic E-state index is 12.5. The number of carbonyl (C=O) groups excluding carboxylic acids is 2. The second-order valence-corrected chi connectivity index (χ2v) is 7.66. The van der Waals surface area contributed by atoms with Crippen LogP contribution in [0.15, 0.2) is 58.2 Å². The Balaban J connectivity index is 1.60. The Bertz CT molecular complexity index is 1020. The van der Waals surface area contributed by atoms with E-state index in [2.05, 4.69) is 15.5 Å². The second kappa shape index (κ2) is 10.1. The monoisotopic (exact) mass is 425 g/mol. The fourth-order valence-electron chi connectivity index (χ4n) is 2.54. The van der Waals surface area contributed by atoms with Crippen LogP contribution >= 0.6 is 11.8 Å². The van der Waals surface area contributed by atoms with E-state index in [1.165, 1.54) is 11.8 Å². The molecule has 0 saturated carbocycles. The number of anilines is 1. The van der Waals surface area contributed by atoms with E-state index < -0.39 is 0 Å². The van der Waals surface area contributed by atoms with Crippen molar-refractivity contribution in [1.29, 1.82) is 0 Å². The summed E-state index contributed by atoms with van der Waals surface area (Å²) in [7, 11) is 0. The molecular weight excluding hydrogens is 402 g/mol. The Morgan fingerprint density at radius 2 is 1.83 bits per heavy atom. The summed E-state index contributed by atoms with van der Waals surface area (Å²) in [4.78, 5) is 24.2. The third-order valence-corrected chi connectivity index (χ3v) is 4.97. The fourth-order valence-corrected chi connectivity index (χ4v) is 3.20. The summed E-state index contributed by atoms with van der Waals surface area (Å²) in [5.41, 5.74) is 1.92. The average Bonchev–Trinajstić information content (AvgIpc) is 3.22. The molecule has 2 aromatic carbocycles. The van der Waals surface area contributed by atoms with Crippen LogP contribution in [0.3, 0.4) is 0 Å². The topological polar surface area (TPSA) is 94.3 Å². The minimum absolute atomic E-state index is 0.0669. The molecule has 0 atom stereocenters. The van der Waals surface area contributed by atoms with E-state index in [1.54, 1.807) is 24.3 Å². The van der Waals surface area contributed by atoms with Gasteiger partial charge in [0.25, 0.3) is 11.1 Å². The van der Waals surface area contributed by atoms with Crippen molar-refractivity contribution in [3.05, 3.63) is 54.1 Å². The first-order valence-electron chi connectivity index (χ1n) is 9.60. The standard InChI is InChI=1S/C22H23N3O4S/c1-4-28-19-8-6-5-7-17(19)21-24-25-22(29-21)30-13-18(26)15-9-11-16(12-10-15)23-20(27)14(2)3/h5-12,14H,4,13H2,1-3H3,(H,23,27). The van der Waals surface area contributed by atoms with Crippen molar-refractivity contribution < 1.29 is 18.7 Å². The first kappa shape index (κ1) is 21.6. The van der Waals surface area contributed by atoms with Gasteiger partial charge in [-0.2, -0.15) is 0 Å². The van der Waals surface area contributed by atoms with Crippen molar-refractivity contribution in [2.45, 2.75) is 26.0 Å². The van der Waals surface area contributed by atoms with Gasteiger partial charge in [0.2, 0.25) is 5.91 Å². The molecule has 0 aliphatic heterocycles. The zero-order chi connectivity index (χ0) is 21.5. The molecule has 8 heteroatoms. The number of benzene rings is 2. The summed E-state index contributed by atoms with van der Waals surface area (Å²) < 4.78 is 11.3. The van der Waals surface area contributed by atoms with Crippen LogP contribution in [-0.2, 0) is 4.79 Å². The van der Waals surface area contributed by atoms with Crippen LogP contribution in [0.2, 0.25) is 0 Å². The van der Waals surface area contributed by atoms with Gasteiger partial charge in [-0.15, -0.1) is 10.2 Å². The number of para-hydroxylation sites is 1. The zero-order valence-electron chi connectivity index (χ0n) is 17.0. The molecule has 0 radical (unpaired) electrons. The lowest BCUT2D eigenvalue weighted by atomic mass is 10.1. The second-order valence-electron chi connectivity index (χ2n) is 6.74. The maximum atomic E-state index is 12.5. The van der Waals surface area contributed by atoms with E-state index in [-0.39, 0.29) is 23.4 Å². The van der Waals surface area contributed by atoms with E-state index in [1.807, 2.05) is 45.0 Å². The quantitative estimate of drug-likeness (QED) is 0.392. The number of hydrogen-bond donors (Lipinski definition) is 1. The van der Waals surface area contributed by atoms with Gasteiger partial charge in [-0.3, -0.25) is 9.59 Å². The SMILES string of the molecule is CCOc1ccccc1-c1nnc(SCC(=O)c2ccc(NC(=O)C(C)C)cc2)o1. The molecule has 0 unspecified atom stereocenters. The highest BCUT2D eigenvalue weighted by Gasteiger charge is 2.15. The third kappa shape index (κ3) is 5.48. The van der Waals surface area contributed by atoms with Crippen LogP contribution < -0.4 is 10.1 Å². The lowest BCUT2D eigenvalue weighted by molar-refractivity contribution is -0.118. The Morgan fingerprint density at radius 1 is 1.10 bits per heavy atom. The molecule has 0 fully saturated rings. The van der Waals surface area contributed by atoms with E-state index in [0.29, 0.717) is 40.3 Å². The Hall–Kier alpha value is -3.13. The van der Waals surface area contributed by atoms with Crippen LogP contribution in [-0.4, -0.2) is 34.2 Å². The molecule has 1 N–H and O–H groups in total. The highest BCUT2D eigenvalue weighted by Crippen LogP contribution is 2.30. The number of ketones is 1. The van der Waals surface area contributed by atoms with Crippen molar-refractivity contribution in [1.82, 2.24) is 10.2 Å². The Kier molecular flexibility index (Phi) is 7.24. The van der Waals surface area contributed by atoms with Crippen LogP contribution in [0.5, 0.6) is 5.75 Å². The molecular formula is C22H23N3O4S. The first-order chi connectivity index (χ1) is 14.5. The number of nitrogens with zero attached hydrogens (tertiary/aromatic N) is 2. The lowest BCUT2D eigenvalue weighted by Crippen LogP contribution is -2.17. The predicted molar refractivity (Wildman–Crippen MR) is 116 cm³/mol. The van der Waals surface area contributed by atoms with E-state index in [9.17, 15) is 9.59 Å². The summed E-state index contributed by atoms with van der Waals surface area (Å²) in [6, 6.07) is 14.2. The molecule has 1 aromatic heterocycles. The Morgan fingerprint density at radius 3 is 2.53 bits per heavy atom. The average molecular weight is 426 g/mol. The highest BCUT2D eigenvalue weighted by atomic mass is 32.2. The molecule has 0 bridgehead atoms. The molecule has 1 amide bonds. The largest absolute Gasteiger partial charge is 0.493 e. The van der Waals surface area contributed by atoms with Gasteiger partial charge in [-0.05, 0) is 43.3 Å². The number of amides is 1. The molecule has 3 rings (SSSR count). The first-order valence-corrected chi connectivity index (χ1v) is 10.6. The van der Waals surface area contributed by atoms with Gasteiger partial charge >= 0.3 is 0 Å². The number of ether oxygens (including phenoxy) is 1. The normalized spacial score (nSPS) is 10.8. The molecule has 3 aromatic rings. The number of aromatic nitrogens is 2. The molecule has 0 aliphatic carbocycles. The minimum Gasteiger partial charge on any atom is -0.493 e. The number of rotatable bonds is 9. The fraction of sp³-hybridized carbons (Fsp3) is 0.273. The maximum Gasteiger partial charge on any atom is 0.277 e. The van der Waals surface area contributed by atoms with Gasteiger partial charge in [0.05, 0.1) is 17.9 Å². The molecule has 30 heavy (non-hydrogen) atoms. The summed E-state index contributed by atoms with van der Waals surface area (Å²) in [6.07, 6.45) is 0. The van der Waals surface area contributed by atoms with E-state index in [4.69, 9.17) is 9.15 Å². The molecule has 0 spiro atoms. The minimum atomic E-state index is -0.109. The molecule has 7 nitrogen and oxygen atoms in total. The number of thioether (sulfide) groups is 1. The van der Waals surface area contributed by atoms with Gasteiger partial charge in [0.15, 0.2) is 5.78 Å². The molecule has 1 heterocycles.